The highest BCUT2D eigenvalue weighted by Gasteiger charge is 2.37. The van der Waals surface area contributed by atoms with Crippen LogP contribution in [0.4, 0.5) is 4.39 Å². The van der Waals surface area contributed by atoms with Gasteiger partial charge in [0.25, 0.3) is 5.91 Å². The summed E-state index contributed by atoms with van der Waals surface area (Å²) in [5.41, 5.74) is 0.320. The van der Waals surface area contributed by atoms with E-state index in [-0.39, 0.29) is 18.0 Å². The van der Waals surface area contributed by atoms with Crippen LogP contribution in [0.3, 0.4) is 0 Å². The lowest BCUT2D eigenvalue weighted by Gasteiger charge is -2.29. The molecular formula is C16H26FN5O. The van der Waals surface area contributed by atoms with Gasteiger partial charge in [-0.05, 0) is 33.1 Å². The number of rotatable bonds is 5. The van der Waals surface area contributed by atoms with Crippen LogP contribution in [0.5, 0.6) is 0 Å². The summed E-state index contributed by atoms with van der Waals surface area (Å²) in [6, 6.07) is 0.719. The molecule has 1 N–H and O–H groups in total. The summed E-state index contributed by atoms with van der Waals surface area (Å²) < 4.78 is 15.6. The van der Waals surface area contributed by atoms with Gasteiger partial charge in [-0.1, -0.05) is 18.1 Å². The molecular weight excluding hydrogens is 297 g/mol. The highest BCUT2D eigenvalue weighted by Crippen LogP contribution is 2.31. The lowest BCUT2D eigenvalue weighted by molar-refractivity contribution is 0.0938. The van der Waals surface area contributed by atoms with Gasteiger partial charge in [0.1, 0.15) is 6.17 Å². The minimum Gasteiger partial charge on any atom is -0.348 e. The van der Waals surface area contributed by atoms with Gasteiger partial charge in [-0.15, -0.1) is 5.10 Å². The van der Waals surface area contributed by atoms with E-state index in [0.29, 0.717) is 31.2 Å². The normalized spacial score (nSPS) is 26.3. The average molecular weight is 323 g/mol. The number of nitrogens with zero attached hydrogens (tertiary/aromatic N) is 4. The first-order valence-electron chi connectivity index (χ1n) is 8.63. The highest BCUT2D eigenvalue weighted by atomic mass is 19.1. The van der Waals surface area contributed by atoms with Gasteiger partial charge in [-0.3, -0.25) is 14.4 Å². The smallest absolute Gasteiger partial charge is 0.273 e. The molecule has 6 nitrogen and oxygen atoms in total. The second-order valence-electron chi connectivity index (χ2n) is 7.08. The molecule has 1 amide bonds. The van der Waals surface area contributed by atoms with Crippen LogP contribution in [0.25, 0.3) is 0 Å². The molecule has 128 valence electrons. The van der Waals surface area contributed by atoms with Gasteiger partial charge in [0, 0.05) is 24.7 Å². The van der Waals surface area contributed by atoms with Crippen LogP contribution in [0.1, 0.15) is 56.4 Å². The topological polar surface area (TPSA) is 63.1 Å². The van der Waals surface area contributed by atoms with Gasteiger partial charge in [0.2, 0.25) is 0 Å². The van der Waals surface area contributed by atoms with Crippen LogP contribution >= 0.6 is 0 Å². The number of likely N-dealkylation sites (tertiary alicyclic amines) is 1. The van der Waals surface area contributed by atoms with Crippen LogP contribution < -0.4 is 5.32 Å². The Hall–Kier alpha value is -1.50. The Balaban J connectivity index is 1.63. The molecule has 0 aromatic carbocycles. The van der Waals surface area contributed by atoms with E-state index in [9.17, 15) is 9.18 Å². The molecule has 1 aliphatic carbocycles. The number of alkyl halides is 1. The van der Waals surface area contributed by atoms with Crippen molar-refractivity contribution in [1.82, 2.24) is 25.2 Å². The van der Waals surface area contributed by atoms with E-state index < -0.39 is 6.17 Å². The third-order valence-corrected chi connectivity index (χ3v) is 4.79. The van der Waals surface area contributed by atoms with Crippen molar-refractivity contribution in [1.29, 1.82) is 0 Å². The molecule has 7 heteroatoms. The molecule has 1 saturated carbocycles. The van der Waals surface area contributed by atoms with Crippen molar-refractivity contribution in [3.8, 4) is 0 Å². The Labute approximate surface area is 136 Å². The fourth-order valence-electron chi connectivity index (χ4n) is 3.79. The van der Waals surface area contributed by atoms with Crippen LogP contribution in [0, 0.1) is 0 Å². The summed E-state index contributed by atoms with van der Waals surface area (Å²) in [5.74, 6) is -0.214. The van der Waals surface area contributed by atoms with Gasteiger partial charge in [-0.25, -0.2) is 4.39 Å². The SMILES string of the molecule is CC(C)NC(=O)c1cn(C[C@@H]2C[C@H](F)CN2C2CCCC2)nn1. The van der Waals surface area contributed by atoms with Crippen LogP contribution in [0.2, 0.25) is 0 Å². The number of hydrogen-bond acceptors (Lipinski definition) is 4. The molecule has 0 radical (unpaired) electrons. The number of aromatic nitrogens is 3. The largest absolute Gasteiger partial charge is 0.348 e. The first-order chi connectivity index (χ1) is 11.0. The van der Waals surface area contributed by atoms with E-state index in [2.05, 4.69) is 20.5 Å². The average Bonchev–Trinajstić information content (AvgIpc) is 3.19. The van der Waals surface area contributed by atoms with Crippen molar-refractivity contribution in [2.45, 2.75) is 76.8 Å². The molecule has 1 saturated heterocycles. The first-order valence-corrected chi connectivity index (χ1v) is 8.63. The lowest BCUT2D eigenvalue weighted by Crippen LogP contribution is -2.40. The summed E-state index contributed by atoms with van der Waals surface area (Å²) in [7, 11) is 0. The Bertz CT molecular complexity index is 540. The molecule has 1 aromatic rings. The molecule has 2 heterocycles. The van der Waals surface area contributed by atoms with Gasteiger partial charge in [0.05, 0.1) is 12.7 Å². The summed E-state index contributed by atoms with van der Waals surface area (Å²) in [5, 5.41) is 10.8. The Morgan fingerprint density at radius 2 is 2.17 bits per heavy atom. The fraction of sp³-hybridized carbons (Fsp3) is 0.812. The highest BCUT2D eigenvalue weighted by molar-refractivity contribution is 5.91. The first kappa shape index (κ1) is 16.4. The second kappa shape index (κ2) is 6.95. The minimum atomic E-state index is -0.757. The predicted octanol–water partition coefficient (Wildman–Crippen LogP) is 1.77. The predicted molar refractivity (Wildman–Crippen MR) is 84.9 cm³/mol. The summed E-state index contributed by atoms with van der Waals surface area (Å²) >= 11 is 0. The maximum atomic E-state index is 13.9. The molecule has 2 aliphatic rings. The number of nitrogens with one attached hydrogen (secondary N) is 1. The monoisotopic (exact) mass is 323 g/mol. The standard InChI is InChI=1S/C16H26FN5O/c1-11(2)18-16(23)15-10-21(20-19-15)9-14-7-12(17)8-22(14)13-5-3-4-6-13/h10-14H,3-9H2,1-2H3,(H,18,23)/t12-,14-/m0/s1. The van der Waals surface area contributed by atoms with Gasteiger partial charge < -0.3 is 5.32 Å². The maximum Gasteiger partial charge on any atom is 0.273 e. The van der Waals surface area contributed by atoms with Crippen molar-refractivity contribution in [3.63, 3.8) is 0 Å². The number of carbonyl (C=O) groups excluding carboxylic acids is 1. The van der Waals surface area contributed by atoms with E-state index in [1.165, 1.54) is 25.7 Å². The number of hydrogen-bond donors (Lipinski definition) is 1. The van der Waals surface area contributed by atoms with Crippen molar-refractivity contribution >= 4 is 5.91 Å². The third kappa shape index (κ3) is 3.88. The zero-order chi connectivity index (χ0) is 16.4. The Kier molecular flexibility index (Phi) is 4.94. The van der Waals surface area contributed by atoms with E-state index in [1.54, 1.807) is 10.9 Å². The number of amides is 1. The maximum absolute atomic E-state index is 13.9. The molecule has 0 unspecified atom stereocenters. The van der Waals surface area contributed by atoms with Gasteiger partial charge in [-0.2, -0.15) is 0 Å². The van der Waals surface area contributed by atoms with Crippen LogP contribution in [-0.2, 0) is 6.54 Å². The molecule has 0 spiro atoms. The molecule has 1 aliphatic heterocycles. The van der Waals surface area contributed by atoms with Gasteiger partial charge >= 0.3 is 0 Å². The zero-order valence-corrected chi connectivity index (χ0v) is 13.9. The van der Waals surface area contributed by atoms with E-state index in [1.807, 2.05) is 13.8 Å². The van der Waals surface area contributed by atoms with E-state index >= 15 is 0 Å². The van der Waals surface area contributed by atoms with E-state index in [0.717, 1.165) is 0 Å². The van der Waals surface area contributed by atoms with Crippen molar-refractivity contribution < 1.29 is 9.18 Å². The quantitative estimate of drug-likeness (QED) is 0.897. The molecule has 1 aromatic heterocycles. The second-order valence-corrected chi connectivity index (χ2v) is 7.08. The minimum absolute atomic E-state index is 0.0626. The molecule has 2 atom stereocenters. The summed E-state index contributed by atoms with van der Waals surface area (Å²) in [4.78, 5) is 14.2. The lowest BCUT2D eigenvalue weighted by atomic mass is 10.1. The Morgan fingerprint density at radius 3 is 2.87 bits per heavy atom. The van der Waals surface area contributed by atoms with E-state index in [4.69, 9.17) is 0 Å². The molecule has 3 rings (SSSR count). The van der Waals surface area contributed by atoms with Crippen molar-refractivity contribution in [3.05, 3.63) is 11.9 Å². The number of halogens is 1. The van der Waals surface area contributed by atoms with Crippen LogP contribution in [0.15, 0.2) is 6.20 Å². The third-order valence-electron chi connectivity index (χ3n) is 4.79. The Morgan fingerprint density at radius 1 is 1.43 bits per heavy atom. The number of carbonyl (C=O) groups is 1. The fourth-order valence-corrected chi connectivity index (χ4v) is 3.79. The van der Waals surface area contributed by atoms with Gasteiger partial charge in [0.15, 0.2) is 5.69 Å². The summed E-state index contributed by atoms with van der Waals surface area (Å²) in [6.07, 6.45) is 6.28. The summed E-state index contributed by atoms with van der Waals surface area (Å²) in [6.45, 7) is 4.94. The zero-order valence-electron chi connectivity index (χ0n) is 13.9. The molecule has 2 fully saturated rings. The van der Waals surface area contributed by atoms with Crippen LogP contribution in [-0.4, -0.2) is 56.6 Å². The van der Waals surface area contributed by atoms with Crippen molar-refractivity contribution in [2.24, 2.45) is 0 Å². The van der Waals surface area contributed by atoms with Crippen molar-refractivity contribution in [2.75, 3.05) is 6.54 Å². The molecule has 0 bridgehead atoms. The molecule has 23 heavy (non-hydrogen) atoms.